The van der Waals surface area contributed by atoms with Crippen molar-refractivity contribution in [3.8, 4) is 0 Å². The maximum absolute atomic E-state index is 13.5. The molecule has 0 unspecified atom stereocenters. The summed E-state index contributed by atoms with van der Waals surface area (Å²) in [5, 5.41) is 3.24. The molecule has 0 aliphatic carbocycles. The van der Waals surface area contributed by atoms with Gasteiger partial charge in [0, 0.05) is 54.4 Å². The zero-order chi connectivity index (χ0) is 29.4. The molecule has 1 aromatic heterocycles. The molecule has 2 aliphatic rings. The number of anilines is 2. The van der Waals surface area contributed by atoms with Crippen LogP contribution in [0, 0.1) is 12.8 Å². The number of carbonyl (C=O) groups is 1. The third-order valence-corrected chi connectivity index (χ3v) is 9.60. The number of halogens is 1. The molecule has 0 saturated carbocycles. The van der Waals surface area contributed by atoms with E-state index < -0.39 is 10.0 Å². The number of rotatable bonds is 7. The van der Waals surface area contributed by atoms with Gasteiger partial charge in [-0.25, -0.2) is 8.42 Å². The molecular formula is C32H31ClN4O4S. The normalized spacial score (nSPS) is 17.8. The van der Waals surface area contributed by atoms with E-state index >= 15 is 0 Å². The summed E-state index contributed by atoms with van der Waals surface area (Å²) in [6.07, 6.45) is 0.961. The number of aryl methyl sites for hydroxylation is 1. The molecule has 6 rings (SSSR count). The van der Waals surface area contributed by atoms with Crippen LogP contribution in [0.15, 0.2) is 94.6 Å². The summed E-state index contributed by atoms with van der Waals surface area (Å²) in [7, 11) is -4.01. The van der Waals surface area contributed by atoms with E-state index in [2.05, 4.69) is 14.9 Å². The van der Waals surface area contributed by atoms with E-state index in [1.807, 2.05) is 41.8 Å². The predicted octanol–water partition coefficient (Wildman–Crippen LogP) is 5.16. The van der Waals surface area contributed by atoms with Crippen molar-refractivity contribution in [3.63, 3.8) is 0 Å². The molecule has 10 heteroatoms. The molecule has 4 aromatic rings. The molecule has 2 aliphatic heterocycles. The monoisotopic (exact) mass is 602 g/mol. The fourth-order valence-electron chi connectivity index (χ4n) is 5.96. The Morgan fingerprint density at radius 2 is 1.74 bits per heavy atom. The van der Waals surface area contributed by atoms with Crippen molar-refractivity contribution in [1.82, 2.24) is 9.88 Å². The van der Waals surface area contributed by atoms with Crippen molar-refractivity contribution >= 4 is 38.9 Å². The molecule has 42 heavy (non-hydrogen) atoms. The second-order valence-corrected chi connectivity index (χ2v) is 13.2. The van der Waals surface area contributed by atoms with Gasteiger partial charge in [0.15, 0.2) is 0 Å². The maximum atomic E-state index is 13.5. The van der Waals surface area contributed by atoms with Gasteiger partial charge in [0.05, 0.1) is 16.3 Å². The lowest BCUT2D eigenvalue weighted by atomic mass is 9.83. The van der Waals surface area contributed by atoms with Gasteiger partial charge in [0.1, 0.15) is 0 Å². The molecular weight excluding hydrogens is 572 g/mol. The Bertz CT molecular complexity index is 1820. The first-order valence-electron chi connectivity index (χ1n) is 13.9. The summed E-state index contributed by atoms with van der Waals surface area (Å²) in [5.41, 5.74) is 4.42. The van der Waals surface area contributed by atoms with E-state index in [-0.39, 0.29) is 28.2 Å². The van der Waals surface area contributed by atoms with Crippen LogP contribution in [0.1, 0.15) is 39.5 Å². The fourth-order valence-corrected chi connectivity index (χ4v) is 7.32. The number of sulfonamides is 1. The van der Waals surface area contributed by atoms with E-state index in [9.17, 15) is 18.0 Å². The van der Waals surface area contributed by atoms with E-state index in [4.69, 9.17) is 11.6 Å². The van der Waals surface area contributed by atoms with Crippen molar-refractivity contribution in [1.29, 1.82) is 0 Å². The average Bonchev–Trinajstić information content (AvgIpc) is 2.97. The van der Waals surface area contributed by atoms with Gasteiger partial charge in [-0.1, -0.05) is 53.6 Å². The number of hydrogen-bond donors (Lipinski definition) is 2. The molecule has 3 heterocycles. The van der Waals surface area contributed by atoms with Crippen LogP contribution in [0.5, 0.6) is 0 Å². The maximum Gasteiger partial charge on any atom is 0.262 e. The van der Waals surface area contributed by atoms with Crippen LogP contribution in [0.4, 0.5) is 11.4 Å². The van der Waals surface area contributed by atoms with Gasteiger partial charge in [-0.3, -0.25) is 14.3 Å². The summed E-state index contributed by atoms with van der Waals surface area (Å²) in [5.74, 6) is 0.0432. The van der Waals surface area contributed by atoms with Crippen molar-refractivity contribution in [3.05, 3.63) is 123 Å². The SMILES string of the molecule is Cc1ccc(CNC(=O)c2ccc(N3C[C@H]4C[C@@H](C3)c3cccc(=O)n3C4)c(NS(=O)(=O)c3cccc(Cl)c3)c2)cc1. The number of pyridine rings is 1. The summed E-state index contributed by atoms with van der Waals surface area (Å²) >= 11 is 6.10. The third-order valence-electron chi connectivity index (χ3n) is 8.00. The number of nitrogens with zero attached hydrogens (tertiary/aromatic N) is 2. The Morgan fingerprint density at radius 3 is 2.52 bits per heavy atom. The number of carbonyl (C=O) groups excluding carboxylic acids is 1. The Labute approximate surface area is 250 Å². The quantitative estimate of drug-likeness (QED) is 0.304. The topological polar surface area (TPSA) is 101 Å². The second kappa shape index (κ2) is 11.3. The Balaban J connectivity index is 1.32. The van der Waals surface area contributed by atoms with Gasteiger partial charge in [-0.15, -0.1) is 0 Å². The summed E-state index contributed by atoms with van der Waals surface area (Å²) in [6, 6.07) is 24.5. The first-order valence-corrected chi connectivity index (χ1v) is 15.7. The molecule has 1 amide bonds. The van der Waals surface area contributed by atoms with Crippen molar-refractivity contribution < 1.29 is 13.2 Å². The first kappa shape index (κ1) is 28.1. The Hall–Kier alpha value is -4.08. The summed E-state index contributed by atoms with van der Waals surface area (Å²) < 4.78 is 31.6. The van der Waals surface area contributed by atoms with Crippen LogP contribution in [0.3, 0.4) is 0 Å². The molecule has 1 saturated heterocycles. The van der Waals surface area contributed by atoms with Gasteiger partial charge in [-0.2, -0.15) is 0 Å². The van der Waals surface area contributed by atoms with Crippen LogP contribution in [-0.2, 0) is 23.1 Å². The van der Waals surface area contributed by atoms with Crippen LogP contribution in [0.2, 0.25) is 5.02 Å². The van der Waals surface area contributed by atoms with E-state index in [0.29, 0.717) is 48.1 Å². The fraction of sp³-hybridized carbons (Fsp3) is 0.250. The number of piperidine rings is 1. The van der Waals surface area contributed by atoms with Gasteiger partial charge in [0.25, 0.3) is 21.5 Å². The van der Waals surface area contributed by atoms with Crippen molar-refractivity contribution in [2.45, 2.75) is 37.2 Å². The van der Waals surface area contributed by atoms with Crippen LogP contribution in [-0.4, -0.2) is 32.0 Å². The molecule has 1 fully saturated rings. The molecule has 2 atom stereocenters. The number of fused-ring (bicyclic) bond motifs is 4. The largest absolute Gasteiger partial charge is 0.369 e. The van der Waals surface area contributed by atoms with Gasteiger partial charge in [0.2, 0.25) is 0 Å². The molecule has 0 radical (unpaired) electrons. The number of hydrogen-bond acceptors (Lipinski definition) is 5. The summed E-state index contributed by atoms with van der Waals surface area (Å²) in [4.78, 5) is 27.9. The highest BCUT2D eigenvalue weighted by molar-refractivity contribution is 7.92. The lowest BCUT2D eigenvalue weighted by molar-refractivity contribution is 0.0951. The second-order valence-electron chi connectivity index (χ2n) is 11.1. The van der Waals surface area contributed by atoms with E-state index in [1.165, 1.54) is 12.1 Å². The van der Waals surface area contributed by atoms with Gasteiger partial charge in [-0.05, 0) is 67.3 Å². The van der Waals surface area contributed by atoms with Gasteiger partial charge < -0.3 is 14.8 Å². The third kappa shape index (κ3) is 5.80. The molecule has 8 nitrogen and oxygen atoms in total. The van der Waals surface area contributed by atoms with Crippen molar-refractivity contribution in [2.24, 2.45) is 5.92 Å². The molecule has 2 N–H and O–H groups in total. The minimum Gasteiger partial charge on any atom is -0.369 e. The Kier molecular flexibility index (Phi) is 7.55. The zero-order valence-electron chi connectivity index (χ0n) is 23.1. The van der Waals surface area contributed by atoms with Crippen LogP contribution < -0.4 is 20.5 Å². The predicted molar refractivity (Wildman–Crippen MR) is 165 cm³/mol. The Morgan fingerprint density at radius 1 is 0.952 bits per heavy atom. The minimum absolute atomic E-state index is 0.00613. The number of amides is 1. The smallest absolute Gasteiger partial charge is 0.262 e. The highest BCUT2D eigenvalue weighted by Gasteiger charge is 2.35. The zero-order valence-corrected chi connectivity index (χ0v) is 24.7. The molecule has 0 spiro atoms. The highest BCUT2D eigenvalue weighted by Crippen LogP contribution is 2.40. The van der Waals surface area contributed by atoms with E-state index in [0.717, 1.165) is 23.2 Å². The lowest BCUT2D eigenvalue weighted by Crippen LogP contribution is -2.47. The molecule has 3 aromatic carbocycles. The number of nitrogens with one attached hydrogen (secondary N) is 2. The first-order chi connectivity index (χ1) is 20.2. The standard InChI is InChI=1S/C32H31ClN4O4S/c1-21-8-10-22(11-9-21)17-34-32(39)24-12-13-30(28(15-24)35-42(40,41)27-5-2-4-26(33)16-27)36-18-23-14-25(20-36)29-6-3-7-31(38)37(29)19-23/h2-13,15-16,23,25,35H,14,17-20H2,1H3,(H,34,39)/t23-,25+/m1/s1. The van der Waals surface area contributed by atoms with E-state index in [1.54, 1.807) is 42.5 Å². The van der Waals surface area contributed by atoms with Gasteiger partial charge >= 0.3 is 0 Å². The average molecular weight is 603 g/mol. The number of aromatic nitrogens is 1. The molecule has 2 bridgehead atoms. The van der Waals surface area contributed by atoms with Crippen molar-refractivity contribution in [2.75, 3.05) is 22.7 Å². The van der Waals surface area contributed by atoms with Crippen LogP contribution >= 0.6 is 11.6 Å². The summed E-state index contributed by atoms with van der Waals surface area (Å²) in [6.45, 7) is 4.24. The van der Waals surface area contributed by atoms with Crippen LogP contribution in [0.25, 0.3) is 0 Å². The highest BCUT2D eigenvalue weighted by atomic mass is 35.5. The minimum atomic E-state index is -4.01. The lowest BCUT2D eigenvalue weighted by Gasteiger charge is -2.44. The molecule has 216 valence electrons. The number of benzene rings is 3.